The van der Waals surface area contributed by atoms with E-state index in [1.54, 1.807) is 42.5 Å². The van der Waals surface area contributed by atoms with Gasteiger partial charge in [0.25, 0.3) is 0 Å². The number of allylic oxidation sites excluding steroid dienone is 1. The summed E-state index contributed by atoms with van der Waals surface area (Å²) in [5.74, 6) is 0.218. The molecule has 0 fully saturated rings. The van der Waals surface area contributed by atoms with Crippen molar-refractivity contribution in [1.29, 1.82) is 5.26 Å². The Balaban J connectivity index is 2.44. The van der Waals surface area contributed by atoms with E-state index in [0.29, 0.717) is 12.4 Å². The van der Waals surface area contributed by atoms with Crippen LogP contribution in [-0.4, -0.2) is 6.61 Å². The Hall–Kier alpha value is -1.90. The molecule has 0 spiro atoms. The third-order valence-electron chi connectivity index (χ3n) is 2.96. The summed E-state index contributed by atoms with van der Waals surface area (Å²) in [7, 11) is 0. The van der Waals surface area contributed by atoms with E-state index >= 15 is 0 Å². The molecule has 0 aliphatic rings. The Bertz CT molecular complexity index is 786. The van der Waals surface area contributed by atoms with Gasteiger partial charge in [-0.2, -0.15) is 5.26 Å². The Morgan fingerprint density at radius 1 is 1.26 bits per heavy atom. The minimum absolute atomic E-state index is 0.252. The van der Waals surface area contributed by atoms with Crippen molar-refractivity contribution < 1.29 is 9.13 Å². The molecule has 0 saturated heterocycles. The van der Waals surface area contributed by atoms with Gasteiger partial charge in [-0.25, -0.2) is 4.39 Å². The molecule has 116 valence electrons. The quantitative estimate of drug-likeness (QED) is 0.328. The maximum absolute atomic E-state index is 13.9. The molecule has 0 bridgehead atoms. The van der Waals surface area contributed by atoms with Crippen molar-refractivity contribution in [2.24, 2.45) is 0 Å². The summed E-state index contributed by atoms with van der Waals surface area (Å²) in [5.41, 5.74) is 1.27. The second-order valence-corrected chi connectivity index (χ2v) is 6.27. The molecule has 23 heavy (non-hydrogen) atoms. The van der Waals surface area contributed by atoms with Crippen molar-refractivity contribution in [3.05, 3.63) is 74.9 Å². The molecule has 2 nitrogen and oxygen atoms in total. The molecular weight excluding hydrogens is 425 g/mol. The molecule has 2 aromatic carbocycles. The highest BCUT2D eigenvalue weighted by molar-refractivity contribution is 9.11. The molecule has 5 heteroatoms. The molecule has 0 N–H and O–H groups in total. The lowest BCUT2D eigenvalue weighted by atomic mass is 10.0. The topological polar surface area (TPSA) is 33.0 Å². The zero-order valence-electron chi connectivity index (χ0n) is 12.0. The smallest absolute Gasteiger partial charge is 0.148 e. The van der Waals surface area contributed by atoms with Gasteiger partial charge in [0.05, 0.1) is 20.6 Å². The van der Waals surface area contributed by atoms with E-state index in [4.69, 9.17) is 4.74 Å². The first-order chi connectivity index (χ1) is 11.1. The van der Waals surface area contributed by atoms with Crippen LogP contribution in [0.3, 0.4) is 0 Å². The van der Waals surface area contributed by atoms with Gasteiger partial charge in [-0.1, -0.05) is 30.9 Å². The number of halogens is 3. The number of hydrogen-bond donors (Lipinski definition) is 0. The molecule has 0 aliphatic heterocycles. The molecule has 0 saturated carbocycles. The van der Waals surface area contributed by atoms with Gasteiger partial charge in [-0.15, -0.1) is 0 Å². The van der Waals surface area contributed by atoms with E-state index in [0.717, 1.165) is 14.5 Å². The minimum Gasteiger partial charge on any atom is -0.487 e. The zero-order chi connectivity index (χ0) is 16.8. The van der Waals surface area contributed by atoms with Crippen molar-refractivity contribution >= 4 is 43.5 Å². The number of nitrogens with zero attached hydrogens (tertiary/aromatic N) is 1. The number of rotatable bonds is 5. The molecule has 0 aromatic heterocycles. The van der Waals surface area contributed by atoms with E-state index in [2.05, 4.69) is 38.4 Å². The summed E-state index contributed by atoms with van der Waals surface area (Å²) in [5, 5.41) is 9.33. The van der Waals surface area contributed by atoms with Gasteiger partial charge in [0.1, 0.15) is 18.2 Å². The van der Waals surface area contributed by atoms with Crippen LogP contribution in [0.15, 0.2) is 58.0 Å². The van der Waals surface area contributed by atoms with E-state index in [9.17, 15) is 9.65 Å². The summed E-state index contributed by atoms with van der Waals surface area (Å²) in [6.45, 7) is 3.99. The molecule has 0 unspecified atom stereocenters. The monoisotopic (exact) mass is 435 g/mol. The van der Waals surface area contributed by atoms with Gasteiger partial charge in [0.2, 0.25) is 0 Å². The fourth-order valence-electron chi connectivity index (χ4n) is 1.96. The molecule has 0 radical (unpaired) electrons. The summed E-state index contributed by atoms with van der Waals surface area (Å²) in [4.78, 5) is 0. The second-order valence-electron chi connectivity index (χ2n) is 4.56. The lowest BCUT2D eigenvalue weighted by Gasteiger charge is -2.10. The predicted octanol–water partition coefficient (Wildman–Crippen LogP) is 5.98. The number of hydrogen-bond acceptors (Lipinski definition) is 2. The third kappa shape index (κ3) is 4.31. The SMILES string of the molecule is C=CCOc1c(Br)cc(/C=C(\C#N)c2ccccc2F)cc1Br. The average Bonchev–Trinajstić information content (AvgIpc) is 2.53. The molecule has 2 rings (SSSR count). The maximum Gasteiger partial charge on any atom is 0.148 e. The van der Waals surface area contributed by atoms with Crippen LogP contribution in [0.4, 0.5) is 4.39 Å². The van der Waals surface area contributed by atoms with Crippen LogP contribution in [0, 0.1) is 17.1 Å². The van der Waals surface area contributed by atoms with E-state index < -0.39 is 5.82 Å². The highest BCUT2D eigenvalue weighted by Gasteiger charge is 2.10. The van der Waals surface area contributed by atoms with Crippen molar-refractivity contribution in [3.8, 4) is 11.8 Å². The lowest BCUT2D eigenvalue weighted by molar-refractivity contribution is 0.358. The molecule has 2 aromatic rings. The van der Waals surface area contributed by atoms with Crippen LogP contribution in [0.5, 0.6) is 5.75 Å². The van der Waals surface area contributed by atoms with Crippen LogP contribution < -0.4 is 4.74 Å². The zero-order valence-corrected chi connectivity index (χ0v) is 15.2. The molecule has 0 aliphatic carbocycles. The van der Waals surface area contributed by atoms with Crippen LogP contribution in [0.25, 0.3) is 11.6 Å². The van der Waals surface area contributed by atoms with E-state index in [1.165, 1.54) is 6.07 Å². The second kappa shape index (κ2) is 8.09. The van der Waals surface area contributed by atoms with Crippen LogP contribution in [0.1, 0.15) is 11.1 Å². The first-order valence-electron chi connectivity index (χ1n) is 6.66. The third-order valence-corrected chi connectivity index (χ3v) is 4.14. The van der Waals surface area contributed by atoms with Crippen molar-refractivity contribution in [2.45, 2.75) is 0 Å². The molecule has 0 heterocycles. The number of ether oxygens (including phenoxy) is 1. The van der Waals surface area contributed by atoms with Crippen molar-refractivity contribution in [2.75, 3.05) is 6.61 Å². The maximum atomic E-state index is 13.9. The van der Waals surface area contributed by atoms with Gasteiger partial charge < -0.3 is 4.74 Å². The van der Waals surface area contributed by atoms with Gasteiger partial charge in [0, 0.05) is 5.56 Å². The normalized spacial score (nSPS) is 11.0. The average molecular weight is 437 g/mol. The Kier molecular flexibility index (Phi) is 6.14. The van der Waals surface area contributed by atoms with Crippen LogP contribution in [0.2, 0.25) is 0 Å². The largest absolute Gasteiger partial charge is 0.487 e. The molecule has 0 atom stereocenters. The fourth-order valence-corrected chi connectivity index (χ4v) is 3.41. The standard InChI is InChI=1S/C18H12Br2FNO/c1-2-7-23-18-15(19)9-12(10-16(18)20)8-13(11-22)14-5-3-4-6-17(14)21/h2-6,8-10H,1,7H2/b13-8+. The van der Waals surface area contributed by atoms with E-state index in [1.807, 2.05) is 6.07 Å². The Labute approximate surface area is 151 Å². The molecule has 0 amide bonds. The summed E-state index contributed by atoms with van der Waals surface area (Å²) in [6, 6.07) is 11.9. The van der Waals surface area contributed by atoms with Crippen LogP contribution >= 0.6 is 31.9 Å². The predicted molar refractivity (Wildman–Crippen MR) is 97.4 cm³/mol. The highest BCUT2D eigenvalue weighted by Crippen LogP contribution is 2.36. The Morgan fingerprint density at radius 2 is 1.91 bits per heavy atom. The summed E-state index contributed by atoms with van der Waals surface area (Å²) >= 11 is 6.87. The summed E-state index contributed by atoms with van der Waals surface area (Å²) in [6.07, 6.45) is 3.28. The van der Waals surface area contributed by atoms with Crippen LogP contribution in [-0.2, 0) is 0 Å². The van der Waals surface area contributed by atoms with Crippen molar-refractivity contribution in [3.63, 3.8) is 0 Å². The lowest BCUT2D eigenvalue weighted by Crippen LogP contribution is -1.95. The Morgan fingerprint density at radius 3 is 2.48 bits per heavy atom. The minimum atomic E-state index is -0.427. The highest BCUT2D eigenvalue weighted by atomic mass is 79.9. The van der Waals surface area contributed by atoms with E-state index in [-0.39, 0.29) is 11.1 Å². The fraction of sp³-hybridized carbons (Fsp3) is 0.0556. The van der Waals surface area contributed by atoms with Crippen molar-refractivity contribution in [1.82, 2.24) is 0 Å². The molecular formula is C18H12Br2FNO. The number of benzene rings is 2. The number of nitriles is 1. The van der Waals surface area contributed by atoms with Gasteiger partial charge >= 0.3 is 0 Å². The van der Waals surface area contributed by atoms with Gasteiger partial charge in [-0.3, -0.25) is 0 Å². The first kappa shape index (κ1) is 17.5. The first-order valence-corrected chi connectivity index (χ1v) is 8.25. The van der Waals surface area contributed by atoms with Gasteiger partial charge in [0.15, 0.2) is 0 Å². The summed E-state index contributed by atoms with van der Waals surface area (Å²) < 4.78 is 20.9. The van der Waals surface area contributed by atoms with Gasteiger partial charge in [-0.05, 0) is 61.7 Å².